The van der Waals surface area contributed by atoms with E-state index in [4.69, 9.17) is 10.5 Å². The van der Waals surface area contributed by atoms with Gasteiger partial charge in [-0.25, -0.2) is 0 Å². The highest BCUT2D eigenvalue weighted by Crippen LogP contribution is 2.34. The smallest absolute Gasteiger partial charge is 0.417 e. The van der Waals surface area contributed by atoms with Gasteiger partial charge in [0.25, 0.3) is 0 Å². The summed E-state index contributed by atoms with van der Waals surface area (Å²) >= 11 is 6.10. The van der Waals surface area contributed by atoms with Crippen molar-refractivity contribution >= 4 is 28.5 Å². The second kappa shape index (κ2) is 5.80. The van der Waals surface area contributed by atoms with Crippen molar-refractivity contribution in [3.63, 3.8) is 0 Å². The van der Waals surface area contributed by atoms with Crippen LogP contribution in [0, 0.1) is 0 Å². The maximum Gasteiger partial charge on any atom is 0.417 e. The van der Waals surface area contributed by atoms with Crippen molar-refractivity contribution in [2.24, 2.45) is 5.73 Å². The zero-order valence-corrected chi connectivity index (χ0v) is 11.7. The molecule has 0 aliphatic carbocycles. The molecule has 0 aliphatic rings. The van der Waals surface area contributed by atoms with Crippen LogP contribution in [-0.4, -0.2) is 4.99 Å². The molecule has 0 bridgehead atoms. The molecule has 2 aromatic rings. The molecule has 0 spiro atoms. The summed E-state index contributed by atoms with van der Waals surface area (Å²) < 4.78 is 44.1. The van der Waals surface area contributed by atoms with Gasteiger partial charge in [0.05, 0.1) is 5.56 Å². The van der Waals surface area contributed by atoms with Gasteiger partial charge in [0.2, 0.25) is 0 Å². The Morgan fingerprint density at radius 1 is 1.30 bits per heavy atom. The van der Waals surface area contributed by atoms with Gasteiger partial charge >= 0.3 is 6.18 Å². The average Bonchev–Trinajstić information content (AvgIpc) is 2.88. The Balaban J connectivity index is 2.25. The second-order valence-electron chi connectivity index (χ2n) is 3.94. The largest absolute Gasteiger partial charge is 0.488 e. The van der Waals surface area contributed by atoms with Crippen molar-refractivity contribution in [1.82, 2.24) is 0 Å². The predicted octanol–water partition coefficient (Wildman–Crippen LogP) is 3.98. The molecule has 2 rings (SSSR count). The molecule has 0 radical (unpaired) electrons. The number of thiophene rings is 1. The third-order valence-electron chi connectivity index (χ3n) is 2.52. The molecule has 1 heterocycles. The minimum absolute atomic E-state index is 0.130. The highest BCUT2D eigenvalue weighted by Gasteiger charge is 2.34. The number of nitrogens with two attached hydrogens (primary N) is 1. The zero-order chi connectivity index (χ0) is 14.8. The van der Waals surface area contributed by atoms with Crippen LogP contribution >= 0.6 is 23.6 Å². The maximum absolute atomic E-state index is 12.9. The van der Waals surface area contributed by atoms with Crippen LogP contribution < -0.4 is 10.5 Å². The lowest BCUT2D eigenvalue weighted by Crippen LogP contribution is -2.18. The predicted molar refractivity (Wildman–Crippen MR) is 76.0 cm³/mol. The summed E-state index contributed by atoms with van der Waals surface area (Å²) in [6.45, 7) is 0.224. The van der Waals surface area contributed by atoms with Crippen LogP contribution in [-0.2, 0) is 12.8 Å². The Morgan fingerprint density at radius 3 is 2.60 bits per heavy atom. The zero-order valence-electron chi connectivity index (χ0n) is 10.1. The molecule has 2 N–H and O–H groups in total. The Bertz CT molecular complexity index is 609. The highest BCUT2D eigenvalue weighted by atomic mass is 32.1. The Kier molecular flexibility index (Phi) is 4.29. The Labute approximate surface area is 123 Å². The lowest BCUT2D eigenvalue weighted by atomic mass is 10.1. The van der Waals surface area contributed by atoms with E-state index in [-0.39, 0.29) is 22.9 Å². The fourth-order valence-corrected chi connectivity index (χ4v) is 2.41. The second-order valence-corrected chi connectivity index (χ2v) is 5.41. The van der Waals surface area contributed by atoms with E-state index in [1.54, 1.807) is 0 Å². The number of halogens is 3. The lowest BCUT2D eigenvalue weighted by molar-refractivity contribution is -0.137. The van der Waals surface area contributed by atoms with Gasteiger partial charge in [-0.15, -0.1) is 11.3 Å². The lowest BCUT2D eigenvalue weighted by Gasteiger charge is -2.14. The van der Waals surface area contributed by atoms with Gasteiger partial charge in [0.1, 0.15) is 17.3 Å². The number of hydrogen-bond donors (Lipinski definition) is 1. The van der Waals surface area contributed by atoms with Crippen LogP contribution in [0.15, 0.2) is 35.7 Å². The monoisotopic (exact) mass is 317 g/mol. The number of rotatable bonds is 4. The number of hydrogen-bond acceptors (Lipinski definition) is 3. The first kappa shape index (κ1) is 14.8. The van der Waals surface area contributed by atoms with Crippen LogP contribution in [0.5, 0.6) is 5.75 Å². The van der Waals surface area contributed by atoms with Gasteiger partial charge in [0.15, 0.2) is 0 Å². The first-order chi connectivity index (χ1) is 9.38. The van der Waals surface area contributed by atoms with Crippen LogP contribution in [0.2, 0.25) is 0 Å². The molecule has 7 heteroatoms. The van der Waals surface area contributed by atoms with Crippen LogP contribution in [0.3, 0.4) is 0 Å². The molecule has 0 saturated carbocycles. The standard InChI is InChI=1S/C13H10F3NOS2/c14-13(15,16)11-6-8(3-4-10(11)12(17)19)18-7-9-2-1-5-20-9/h1-6H,7H2,(H2,17,19). The van der Waals surface area contributed by atoms with Crippen molar-refractivity contribution in [2.75, 3.05) is 0 Å². The summed E-state index contributed by atoms with van der Waals surface area (Å²) in [5.41, 5.74) is 4.23. The first-order valence-corrected chi connectivity index (χ1v) is 6.83. The number of benzene rings is 1. The molecule has 106 valence electrons. The summed E-state index contributed by atoms with van der Waals surface area (Å²) in [6.07, 6.45) is -4.53. The van der Waals surface area contributed by atoms with Crippen LogP contribution in [0.1, 0.15) is 16.0 Å². The molecule has 0 atom stereocenters. The molecule has 0 unspecified atom stereocenters. The van der Waals surface area contributed by atoms with Crippen molar-refractivity contribution in [1.29, 1.82) is 0 Å². The third-order valence-corrected chi connectivity index (χ3v) is 3.59. The summed E-state index contributed by atoms with van der Waals surface area (Å²) in [7, 11) is 0. The topological polar surface area (TPSA) is 35.2 Å². The van der Waals surface area contributed by atoms with E-state index in [9.17, 15) is 13.2 Å². The van der Waals surface area contributed by atoms with E-state index in [1.807, 2.05) is 17.5 Å². The molecule has 0 fully saturated rings. The van der Waals surface area contributed by atoms with Crippen molar-refractivity contribution in [2.45, 2.75) is 12.8 Å². The molecule has 0 amide bonds. The molecule has 2 nitrogen and oxygen atoms in total. The van der Waals surface area contributed by atoms with Gasteiger partial charge in [-0.3, -0.25) is 0 Å². The van der Waals surface area contributed by atoms with Gasteiger partial charge < -0.3 is 10.5 Å². The molecule has 0 saturated heterocycles. The van der Waals surface area contributed by atoms with Crippen LogP contribution in [0.25, 0.3) is 0 Å². The van der Waals surface area contributed by atoms with Gasteiger partial charge in [-0.05, 0) is 29.6 Å². The van der Waals surface area contributed by atoms with Crippen LogP contribution in [0.4, 0.5) is 13.2 Å². The number of alkyl halides is 3. The molecule has 1 aromatic heterocycles. The quantitative estimate of drug-likeness (QED) is 0.866. The molecule has 1 aromatic carbocycles. The minimum Gasteiger partial charge on any atom is -0.488 e. The normalized spacial score (nSPS) is 11.3. The average molecular weight is 317 g/mol. The fourth-order valence-electron chi connectivity index (χ4n) is 1.61. The van der Waals surface area contributed by atoms with Gasteiger partial charge in [-0.1, -0.05) is 18.3 Å². The fraction of sp³-hybridized carbons (Fsp3) is 0.154. The summed E-state index contributed by atoms with van der Waals surface area (Å²) in [6, 6.07) is 7.27. The van der Waals surface area contributed by atoms with E-state index in [0.29, 0.717) is 0 Å². The Hall–Kier alpha value is -1.60. The first-order valence-electron chi connectivity index (χ1n) is 5.54. The van der Waals surface area contributed by atoms with E-state index in [1.165, 1.54) is 23.5 Å². The molecule has 20 heavy (non-hydrogen) atoms. The summed E-state index contributed by atoms with van der Waals surface area (Å²) in [5, 5.41) is 1.87. The van der Waals surface area contributed by atoms with Crippen molar-refractivity contribution in [3.05, 3.63) is 51.7 Å². The highest BCUT2D eigenvalue weighted by molar-refractivity contribution is 7.80. The summed E-state index contributed by atoms with van der Waals surface area (Å²) in [5.74, 6) is 0.130. The Morgan fingerprint density at radius 2 is 2.05 bits per heavy atom. The molecular weight excluding hydrogens is 307 g/mol. The van der Waals surface area contributed by atoms with E-state index < -0.39 is 11.7 Å². The van der Waals surface area contributed by atoms with E-state index in [0.717, 1.165) is 10.9 Å². The van der Waals surface area contributed by atoms with Gasteiger partial charge in [-0.2, -0.15) is 13.2 Å². The molecule has 0 aliphatic heterocycles. The van der Waals surface area contributed by atoms with E-state index in [2.05, 4.69) is 12.2 Å². The number of thiocarbonyl (C=S) groups is 1. The third kappa shape index (κ3) is 3.49. The minimum atomic E-state index is -4.53. The number of ether oxygens (including phenoxy) is 1. The molecular formula is C13H10F3NOS2. The van der Waals surface area contributed by atoms with Crippen molar-refractivity contribution < 1.29 is 17.9 Å². The van der Waals surface area contributed by atoms with E-state index >= 15 is 0 Å². The van der Waals surface area contributed by atoms with Gasteiger partial charge in [0, 0.05) is 10.4 Å². The summed E-state index contributed by atoms with van der Waals surface area (Å²) in [4.78, 5) is 0.638. The maximum atomic E-state index is 12.9. The van der Waals surface area contributed by atoms with Crippen molar-refractivity contribution in [3.8, 4) is 5.75 Å². The SMILES string of the molecule is NC(=S)c1ccc(OCc2cccs2)cc1C(F)(F)F.